The fraction of sp³-hybridized carbons (Fsp3) is 0.353. The number of methoxy groups -OCH3 is 1. The molecule has 0 radical (unpaired) electrons. The lowest BCUT2D eigenvalue weighted by Gasteiger charge is -2.08. The third kappa shape index (κ3) is 3.50. The second kappa shape index (κ2) is 6.42. The molecule has 0 atom stereocenters. The normalized spacial score (nSPS) is 10.8. The van der Waals surface area contributed by atoms with E-state index in [-0.39, 0.29) is 11.8 Å². The van der Waals surface area contributed by atoms with Crippen LogP contribution in [0.2, 0.25) is 0 Å². The number of carbonyl (C=O) groups excluding carboxylic acids is 1. The second-order valence-corrected chi connectivity index (χ2v) is 5.24. The standard InChI is InChI=1S/C17H21NO2/c1-12(2)17(19)18-9-8-13-4-5-14-6-7-16(20-3)11-15(14)10-13/h4-7,10-12H,8-9H2,1-3H3,(H,18,19). The Morgan fingerprint density at radius 1 is 1.15 bits per heavy atom. The van der Waals surface area contributed by atoms with E-state index in [0.29, 0.717) is 6.54 Å². The van der Waals surface area contributed by atoms with Gasteiger partial charge in [-0.1, -0.05) is 38.1 Å². The molecule has 20 heavy (non-hydrogen) atoms. The maximum Gasteiger partial charge on any atom is 0.222 e. The summed E-state index contributed by atoms with van der Waals surface area (Å²) in [5, 5.41) is 5.30. The Hall–Kier alpha value is -2.03. The van der Waals surface area contributed by atoms with Crippen LogP contribution < -0.4 is 10.1 Å². The summed E-state index contributed by atoms with van der Waals surface area (Å²) in [5.41, 5.74) is 1.22. The van der Waals surface area contributed by atoms with Crippen molar-refractivity contribution < 1.29 is 9.53 Å². The van der Waals surface area contributed by atoms with Crippen LogP contribution in [0, 0.1) is 5.92 Å². The van der Waals surface area contributed by atoms with Crippen LogP contribution in [0.5, 0.6) is 5.75 Å². The molecule has 0 saturated carbocycles. The van der Waals surface area contributed by atoms with E-state index >= 15 is 0 Å². The summed E-state index contributed by atoms with van der Waals surface area (Å²) in [7, 11) is 1.67. The molecule has 0 fully saturated rings. The van der Waals surface area contributed by atoms with Gasteiger partial charge in [-0.2, -0.15) is 0 Å². The Labute approximate surface area is 119 Å². The lowest BCUT2D eigenvalue weighted by Crippen LogP contribution is -2.29. The van der Waals surface area contributed by atoms with E-state index in [4.69, 9.17) is 4.74 Å². The molecular formula is C17H21NO2. The van der Waals surface area contributed by atoms with Gasteiger partial charge in [-0.3, -0.25) is 4.79 Å². The molecule has 0 aliphatic carbocycles. The first-order valence-corrected chi connectivity index (χ1v) is 6.94. The zero-order chi connectivity index (χ0) is 14.5. The average molecular weight is 271 g/mol. The van der Waals surface area contributed by atoms with Crippen molar-refractivity contribution >= 4 is 16.7 Å². The Bertz CT molecular complexity index is 605. The van der Waals surface area contributed by atoms with E-state index in [2.05, 4.69) is 29.6 Å². The summed E-state index contributed by atoms with van der Waals surface area (Å²) in [6.45, 7) is 4.47. The predicted octanol–water partition coefficient (Wildman–Crippen LogP) is 3.16. The molecule has 0 saturated heterocycles. The van der Waals surface area contributed by atoms with Gasteiger partial charge in [0.1, 0.15) is 5.75 Å². The summed E-state index contributed by atoms with van der Waals surface area (Å²) in [4.78, 5) is 11.5. The first-order chi connectivity index (χ1) is 9.60. The Kier molecular flexibility index (Phi) is 4.61. The van der Waals surface area contributed by atoms with Crippen molar-refractivity contribution in [2.45, 2.75) is 20.3 Å². The zero-order valence-corrected chi connectivity index (χ0v) is 12.3. The van der Waals surface area contributed by atoms with Crippen LogP contribution in [0.15, 0.2) is 36.4 Å². The number of rotatable bonds is 5. The van der Waals surface area contributed by atoms with Crippen LogP contribution in [0.3, 0.4) is 0 Å². The molecule has 1 amide bonds. The van der Waals surface area contributed by atoms with Gasteiger partial charge in [0.05, 0.1) is 7.11 Å². The Balaban J connectivity index is 2.05. The van der Waals surface area contributed by atoms with Gasteiger partial charge in [0.15, 0.2) is 0 Å². The number of fused-ring (bicyclic) bond motifs is 1. The average Bonchev–Trinajstić information content (AvgIpc) is 2.46. The number of hydrogen-bond acceptors (Lipinski definition) is 2. The summed E-state index contributed by atoms with van der Waals surface area (Å²) in [6.07, 6.45) is 0.839. The smallest absolute Gasteiger partial charge is 0.222 e. The lowest BCUT2D eigenvalue weighted by atomic mass is 10.0. The molecule has 1 N–H and O–H groups in total. The molecule has 0 heterocycles. The fourth-order valence-electron chi connectivity index (χ4n) is 2.09. The Morgan fingerprint density at radius 3 is 2.60 bits per heavy atom. The number of carbonyl (C=O) groups is 1. The van der Waals surface area contributed by atoms with E-state index < -0.39 is 0 Å². The van der Waals surface area contributed by atoms with E-state index in [1.165, 1.54) is 10.9 Å². The van der Waals surface area contributed by atoms with Crippen LogP contribution in [0.4, 0.5) is 0 Å². The van der Waals surface area contributed by atoms with Crippen LogP contribution in [-0.4, -0.2) is 19.6 Å². The molecule has 0 spiro atoms. The van der Waals surface area contributed by atoms with Crippen LogP contribution >= 0.6 is 0 Å². The number of nitrogens with one attached hydrogen (secondary N) is 1. The third-order valence-electron chi connectivity index (χ3n) is 3.35. The monoisotopic (exact) mass is 271 g/mol. The topological polar surface area (TPSA) is 38.3 Å². The zero-order valence-electron chi connectivity index (χ0n) is 12.3. The SMILES string of the molecule is COc1ccc2ccc(CCNC(=O)C(C)C)cc2c1. The highest BCUT2D eigenvalue weighted by Gasteiger charge is 2.05. The van der Waals surface area contributed by atoms with Crippen molar-refractivity contribution in [1.82, 2.24) is 5.32 Å². The van der Waals surface area contributed by atoms with Gasteiger partial charge in [0.25, 0.3) is 0 Å². The van der Waals surface area contributed by atoms with E-state index in [1.54, 1.807) is 7.11 Å². The van der Waals surface area contributed by atoms with Crippen molar-refractivity contribution in [2.75, 3.05) is 13.7 Å². The molecule has 2 aromatic carbocycles. The summed E-state index contributed by atoms with van der Waals surface area (Å²) >= 11 is 0. The van der Waals surface area contributed by atoms with Gasteiger partial charge in [0.2, 0.25) is 5.91 Å². The van der Waals surface area contributed by atoms with Crippen LogP contribution in [-0.2, 0) is 11.2 Å². The Morgan fingerprint density at radius 2 is 1.90 bits per heavy atom. The molecule has 0 unspecified atom stereocenters. The van der Waals surface area contributed by atoms with Gasteiger partial charge in [-0.15, -0.1) is 0 Å². The van der Waals surface area contributed by atoms with Crippen molar-refractivity contribution in [2.24, 2.45) is 5.92 Å². The minimum Gasteiger partial charge on any atom is -0.497 e. The molecule has 2 rings (SSSR count). The minimum atomic E-state index is 0.0378. The highest BCUT2D eigenvalue weighted by atomic mass is 16.5. The van der Waals surface area contributed by atoms with Gasteiger partial charge < -0.3 is 10.1 Å². The maximum atomic E-state index is 11.5. The third-order valence-corrected chi connectivity index (χ3v) is 3.35. The van der Waals surface area contributed by atoms with Crippen molar-refractivity contribution in [3.8, 4) is 5.75 Å². The van der Waals surface area contributed by atoms with Gasteiger partial charge in [0, 0.05) is 12.5 Å². The molecule has 0 bridgehead atoms. The minimum absolute atomic E-state index is 0.0378. The molecule has 3 heteroatoms. The summed E-state index contributed by atoms with van der Waals surface area (Å²) < 4.78 is 5.24. The van der Waals surface area contributed by atoms with Crippen molar-refractivity contribution in [3.63, 3.8) is 0 Å². The van der Waals surface area contributed by atoms with Crippen LogP contribution in [0.25, 0.3) is 10.8 Å². The molecule has 2 aromatic rings. The highest BCUT2D eigenvalue weighted by molar-refractivity contribution is 5.84. The molecular weight excluding hydrogens is 250 g/mol. The summed E-state index contributed by atoms with van der Waals surface area (Å²) in [5.74, 6) is 1.01. The van der Waals surface area contributed by atoms with E-state index in [9.17, 15) is 4.79 Å². The van der Waals surface area contributed by atoms with Crippen molar-refractivity contribution in [1.29, 1.82) is 0 Å². The fourth-order valence-corrected chi connectivity index (χ4v) is 2.09. The number of ether oxygens (including phenoxy) is 1. The largest absolute Gasteiger partial charge is 0.497 e. The lowest BCUT2D eigenvalue weighted by molar-refractivity contribution is -0.123. The highest BCUT2D eigenvalue weighted by Crippen LogP contribution is 2.22. The number of benzene rings is 2. The first-order valence-electron chi connectivity index (χ1n) is 6.94. The second-order valence-electron chi connectivity index (χ2n) is 5.24. The van der Waals surface area contributed by atoms with Crippen LogP contribution in [0.1, 0.15) is 19.4 Å². The molecule has 3 nitrogen and oxygen atoms in total. The molecule has 0 aromatic heterocycles. The van der Waals surface area contributed by atoms with E-state index in [0.717, 1.165) is 17.6 Å². The molecule has 106 valence electrons. The summed E-state index contributed by atoms with van der Waals surface area (Å²) in [6, 6.07) is 12.4. The van der Waals surface area contributed by atoms with Crippen molar-refractivity contribution in [3.05, 3.63) is 42.0 Å². The first kappa shape index (κ1) is 14.4. The van der Waals surface area contributed by atoms with Gasteiger partial charge in [-0.05, 0) is 34.9 Å². The number of hydrogen-bond donors (Lipinski definition) is 1. The van der Waals surface area contributed by atoms with Gasteiger partial charge >= 0.3 is 0 Å². The molecule has 0 aliphatic rings. The quantitative estimate of drug-likeness (QED) is 0.907. The number of amides is 1. The van der Waals surface area contributed by atoms with E-state index in [1.807, 2.05) is 26.0 Å². The molecule has 0 aliphatic heterocycles. The maximum absolute atomic E-state index is 11.5. The predicted molar refractivity (Wildman–Crippen MR) is 82.1 cm³/mol. The van der Waals surface area contributed by atoms with Gasteiger partial charge in [-0.25, -0.2) is 0 Å².